The molecule has 3 rings (SSSR count). The van der Waals surface area contributed by atoms with Crippen molar-refractivity contribution in [3.63, 3.8) is 0 Å². The summed E-state index contributed by atoms with van der Waals surface area (Å²) in [4.78, 5) is 12.2. The molecule has 2 aromatic rings. The average Bonchev–Trinajstić information content (AvgIpc) is 2.70. The number of β-amino-alcohol motifs (C(OH)–C–C–N with tert-alkyl or cyclic N) is 1. The molecule has 0 bridgehead atoms. The predicted molar refractivity (Wildman–Crippen MR) is 76.1 cm³/mol. The number of carbonyl (C=O) groups is 1. The van der Waals surface area contributed by atoms with Crippen LogP contribution in [-0.2, 0) is 10.0 Å². The molecule has 1 N–H and O–H groups in total. The van der Waals surface area contributed by atoms with Crippen molar-refractivity contribution in [1.82, 2.24) is 4.31 Å². The van der Waals surface area contributed by atoms with Gasteiger partial charge < -0.3 is 5.11 Å². The molecule has 6 heteroatoms. The Kier molecular flexibility index (Phi) is 3.27. The fourth-order valence-electron chi connectivity index (χ4n) is 2.35. The van der Waals surface area contributed by atoms with Crippen molar-refractivity contribution in [2.45, 2.75) is 11.0 Å². The molecule has 1 atom stereocenters. The molecule has 1 amide bonds. The molecule has 1 heterocycles. The van der Waals surface area contributed by atoms with Crippen LogP contribution in [0.3, 0.4) is 0 Å². The number of carbonyl (C=O) groups excluding carboxylic acids is 1. The highest BCUT2D eigenvalue weighted by Crippen LogP contribution is 2.31. The van der Waals surface area contributed by atoms with Crippen LogP contribution in [0.15, 0.2) is 59.5 Å². The lowest BCUT2D eigenvalue weighted by atomic mass is 10.1. The predicted octanol–water partition coefficient (Wildman–Crippen LogP) is 1.56. The highest BCUT2D eigenvalue weighted by molar-refractivity contribution is 7.90. The Labute approximate surface area is 122 Å². The smallest absolute Gasteiger partial charge is 0.269 e. The highest BCUT2D eigenvalue weighted by atomic mass is 32.2. The van der Waals surface area contributed by atoms with Crippen LogP contribution in [0.25, 0.3) is 0 Å². The molecule has 0 saturated heterocycles. The van der Waals surface area contributed by atoms with E-state index in [9.17, 15) is 18.3 Å². The topological polar surface area (TPSA) is 74.7 Å². The monoisotopic (exact) mass is 303 g/mol. The van der Waals surface area contributed by atoms with E-state index in [2.05, 4.69) is 0 Å². The Morgan fingerprint density at radius 2 is 1.62 bits per heavy atom. The quantitative estimate of drug-likeness (QED) is 0.934. The number of hydrogen-bond acceptors (Lipinski definition) is 4. The zero-order valence-corrected chi connectivity index (χ0v) is 11.8. The van der Waals surface area contributed by atoms with E-state index in [1.165, 1.54) is 12.1 Å². The third-order valence-electron chi connectivity index (χ3n) is 3.44. The Balaban J connectivity index is 1.93. The van der Waals surface area contributed by atoms with Crippen LogP contribution in [0.1, 0.15) is 22.0 Å². The van der Waals surface area contributed by atoms with Gasteiger partial charge in [-0.15, -0.1) is 0 Å². The van der Waals surface area contributed by atoms with E-state index in [1.54, 1.807) is 42.5 Å². The molecule has 1 aliphatic heterocycles. The van der Waals surface area contributed by atoms with Crippen molar-refractivity contribution < 1.29 is 18.3 Å². The van der Waals surface area contributed by atoms with E-state index in [-0.39, 0.29) is 17.0 Å². The van der Waals surface area contributed by atoms with E-state index < -0.39 is 22.0 Å². The van der Waals surface area contributed by atoms with Gasteiger partial charge in [-0.1, -0.05) is 42.5 Å². The van der Waals surface area contributed by atoms with Gasteiger partial charge in [-0.05, 0) is 17.7 Å². The van der Waals surface area contributed by atoms with E-state index in [1.807, 2.05) is 0 Å². The summed E-state index contributed by atoms with van der Waals surface area (Å²) in [5.74, 6) is -0.597. The number of sulfonamides is 1. The lowest BCUT2D eigenvalue weighted by Gasteiger charge is -2.19. The lowest BCUT2D eigenvalue weighted by Crippen LogP contribution is -2.34. The van der Waals surface area contributed by atoms with Gasteiger partial charge in [0.2, 0.25) is 0 Å². The Bertz CT molecular complexity index is 786. The molecule has 0 radical (unpaired) electrons. The first-order chi connectivity index (χ1) is 10.0. The summed E-state index contributed by atoms with van der Waals surface area (Å²) in [6.07, 6.45) is -1.06. The third kappa shape index (κ3) is 2.22. The van der Waals surface area contributed by atoms with Gasteiger partial charge in [-0.3, -0.25) is 4.79 Å². The van der Waals surface area contributed by atoms with Crippen molar-refractivity contribution in [3.8, 4) is 0 Å². The maximum atomic E-state index is 12.4. The van der Waals surface area contributed by atoms with E-state index in [0.29, 0.717) is 5.56 Å². The van der Waals surface area contributed by atoms with Crippen molar-refractivity contribution in [1.29, 1.82) is 0 Å². The van der Waals surface area contributed by atoms with Crippen LogP contribution in [0.5, 0.6) is 0 Å². The van der Waals surface area contributed by atoms with Crippen LogP contribution < -0.4 is 0 Å². The van der Waals surface area contributed by atoms with Crippen molar-refractivity contribution in [2.24, 2.45) is 0 Å². The summed E-state index contributed by atoms with van der Waals surface area (Å²) in [7, 11) is -3.87. The summed E-state index contributed by atoms with van der Waals surface area (Å²) in [5.41, 5.74) is 0.717. The largest absolute Gasteiger partial charge is 0.387 e. The minimum atomic E-state index is -3.87. The fraction of sp³-hybridized carbons (Fsp3) is 0.133. The maximum absolute atomic E-state index is 12.4. The molecular formula is C15H13NO4S. The van der Waals surface area contributed by atoms with Crippen LogP contribution >= 0.6 is 0 Å². The summed E-state index contributed by atoms with van der Waals surface area (Å²) < 4.78 is 25.4. The lowest BCUT2D eigenvalue weighted by molar-refractivity contribution is 0.0793. The SMILES string of the molecule is O=C1c2ccccc2S(=O)(=O)N1C[C@@H](O)c1ccccc1. The number of amides is 1. The van der Waals surface area contributed by atoms with Crippen LogP contribution in [0.4, 0.5) is 0 Å². The molecule has 5 nitrogen and oxygen atoms in total. The van der Waals surface area contributed by atoms with E-state index in [0.717, 1.165) is 4.31 Å². The Morgan fingerprint density at radius 1 is 1.00 bits per heavy atom. The molecule has 0 aliphatic carbocycles. The first-order valence-electron chi connectivity index (χ1n) is 6.41. The second-order valence-electron chi connectivity index (χ2n) is 4.76. The number of rotatable bonds is 3. The highest BCUT2D eigenvalue weighted by Gasteiger charge is 2.41. The second kappa shape index (κ2) is 4.98. The molecule has 0 fully saturated rings. The van der Waals surface area contributed by atoms with Gasteiger partial charge in [0.25, 0.3) is 15.9 Å². The van der Waals surface area contributed by atoms with Crippen LogP contribution in [-0.4, -0.2) is 30.3 Å². The van der Waals surface area contributed by atoms with E-state index in [4.69, 9.17) is 0 Å². The number of hydrogen-bond donors (Lipinski definition) is 1. The molecule has 0 saturated carbocycles. The van der Waals surface area contributed by atoms with Gasteiger partial charge in [-0.25, -0.2) is 12.7 Å². The number of aliphatic hydroxyl groups is 1. The second-order valence-corrected chi connectivity index (χ2v) is 6.59. The molecular weight excluding hydrogens is 290 g/mol. The molecule has 0 spiro atoms. The fourth-order valence-corrected chi connectivity index (χ4v) is 3.92. The Hall–Kier alpha value is -2.18. The zero-order chi connectivity index (χ0) is 15.0. The van der Waals surface area contributed by atoms with Gasteiger partial charge in [0.05, 0.1) is 18.2 Å². The average molecular weight is 303 g/mol. The number of aliphatic hydroxyl groups excluding tert-OH is 1. The number of fused-ring (bicyclic) bond motifs is 1. The van der Waals surface area contributed by atoms with E-state index >= 15 is 0 Å². The molecule has 2 aromatic carbocycles. The zero-order valence-electron chi connectivity index (χ0n) is 11.0. The molecule has 0 aromatic heterocycles. The summed E-state index contributed by atoms with van der Waals surface area (Å²) in [6, 6.07) is 14.7. The van der Waals surface area contributed by atoms with Gasteiger partial charge in [0, 0.05) is 0 Å². The van der Waals surface area contributed by atoms with Gasteiger partial charge in [0.15, 0.2) is 0 Å². The maximum Gasteiger partial charge on any atom is 0.269 e. The molecule has 21 heavy (non-hydrogen) atoms. The van der Waals surface area contributed by atoms with Crippen molar-refractivity contribution in [3.05, 3.63) is 65.7 Å². The first kappa shape index (κ1) is 13.8. The number of nitrogens with zero attached hydrogens (tertiary/aromatic N) is 1. The Morgan fingerprint density at radius 3 is 2.29 bits per heavy atom. The molecule has 1 aliphatic rings. The van der Waals surface area contributed by atoms with Gasteiger partial charge >= 0.3 is 0 Å². The summed E-state index contributed by atoms with van der Waals surface area (Å²) in [6.45, 7) is -0.292. The minimum Gasteiger partial charge on any atom is -0.387 e. The third-order valence-corrected chi connectivity index (χ3v) is 5.24. The first-order valence-corrected chi connectivity index (χ1v) is 7.85. The van der Waals surface area contributed by atoms with Crippen molar-refractivity contribution >= 4 is 15.9 Å². The van der Waals surface area contributed by atoms with Crippen LogP contribution in [0, 0.1) is 0 Å². The summed E-state index contributed by atoms with van der Waals surface area (Å²) in [5, 5.41) is 10.2. The molecule has 0 unspecified atom stereocenters. The minimum absolute atomic E-state index is 0.00439. The van der Waals surface area contributed by atoms with Gasteiger partial charge in [0.1, 0.15) is 4.90 Å². The van der Waals surface area contributed by atoms with Crippen molar-refractivity contribution in [2.75, 3.05) is 6.54 Å². The van der Waals surface area contributed by atoms with Crippen LogP contribution in [0.2, 0.25) is 0 Å². The molecule has 108 valence electrons. The number of benzene rings is 2. The van der Waals surface area contributed by atoms with Gasteiger partial charge in [-0.2, -0.15) is 0 Å². The normalized spacial score (nSPS) is 17.6. The summed E-state index contributed by atoms with van der Waals surface area (Å²) >= 11 is 0. The standard InChI is InChI=1S/C15H13NO4S/c17-13(11-6-2-1-3-7-11)10-16-15(18)12-8-4-5-9-14(12)21(16,19)20/h1-9,13,17H,10H2/t13-/m1/s1.